The molecule has 1 aliphatic carbocycles. The number of hydrogen-bond donors (Lipinski definition) is 0. The summed E-state index contributed by atoms with van der Waals surface area (Å²) < 4.78 is 26.3. The number of halogens is 1. The molecule has 0 spiro atoms. The summed E-state index contributed by atoms with van der Waals surface area (Å²) in [5, 5.41) is 0. The first-order valence-corrected chi connectivity index (χ1v) is 8.67. The van der Waals surface area contributed by atoms with Crippen LogP contribution in [0.3, 0.4) is 0 Å². The summed E-state index contributed by atoms with van der Waals surface area (Å²) in [5.41, 5.74) is 0. The Labute approximate surface area is 111 Å². The Morgan fingerprint density at radius 2 is 1.82 bits per heavy atom. The molecule has 0 amide bonds. The van der Waals surface area contributed by atoms with Crippen molar-refractivity contribution in [1.29, 1.82) is 0 Å². The molecule has 0 aromatic rings. The fourth-order valence-electron chi connectivity index (χ4n) is 2.52. The summed E-state index contributed by atoms with van der Waals surface area (Å²) >= 11 is 5.75. The van der Waals surface area contributed by atoms with E-state index in [-0.39, 0.29) is 17.7 Å². The van der Waals surface area contributed by atoms with Crippen LogP contribution in [0, 0.1) is 5.92 Å². The Hall–Kier alpha value is 0.200. The van der Waals surface area contributed by atoms with E-state index < -0.39 is 10.0 Å². The van der Waals surface area contributed by atoms with Crippen LogP contribution in [0.2, 0.25) is 0 Å². The van der Waals surface area contributed by atoms with Crippen LogP contribution < -0.4 is 0 Å². The Balaban J connectivity index is 2.75. The van der Waals surface area contributed by atoms with Crippen molar-refractivity contribution >= 4 is 21.6 Å². The molecule has 0 heterocycles. The smallest absolute Gasteiger partial charge is 0.212 e. The molecule has 1 rings (SSSR count). The highest BCUT2D eigenvalue weighted by Gasteiger charge is 2.30. The molecule has 3 nitrogen and oxygen atoms in total. The average Bonchev–Trinajstić information content (AvgIpc) is 2.25. The van der Waals surface area contributed by atoms with E-state index in [4.69, 9.17) is 11.6 Å². The molecule has 0 radical (unpaired) electrons. The van der Waals surface area contributed by atoms with Crippen molar-refractivity contribution < 1.29 is 8.42 Å². The van der Waals surface area contributed by atoms with Crippen molar-refractivity contribution in [3.8, 4) is 0 Å². The fourth-order valence-corrected chi connectivity index (χ4v) is 4.87. The van der Waals surface area contributed by atoms with E-state index in [1.807, 2.05) is 13.8 Å². The molecule has 0 bridgehead atoms. The second-order valence-electron chi connectivity index (χ2n) is 5.26. The summed E-state index contributed by atoms with van der Waals surface area (Å²) in [6.45, 7) is 4.34. The molecular formula is C12H24ClNO2S. The number of nitrogens with zero attached hydrogens (tertiary/aromatic N) is 1. The molecule has 0 aromatic carbocycles. The minimum Gasteiger partial charge on any atom is -0.212 e. The topological polar surface area (TPSA) is 37.4 Å². The van der Waals surface area contributed by atoms with E-state index >= 15 is 0 Å². The maximum absolute atomic E-state index is 12.3. The third-order valence-electron chi connectivity index (χ3n) is 3.19. The van der Waals surface area contributed by atoms with E-state index in [0.29, 0.717) is 12.4 Å². The van der Waals surface area contributed by atoms with Gasteiger partial charge in [-0.15, -0.1) is 11.6 Å². The van der Waals surface area contributed by atoms with Gasteiger partial charge in [0.05, 0.1) is 5.75 Å². The first-order valence-electron chi connectivity index (χ1n) is 6.53. The number of rotatable bonds is 6. The first-order chi connectivity index (χ1) is 7.97. The van der Waals surface area contributed by atoms with Crippen LogP contribution in [0.25, 0.3) is 0 Å². The second kappa shape index (κ2) is 6.95. The molecular weight excluding hydrogens is 258 g/mol. The van der Waals surface area contributed by atoms with Gasteiger partial charge in [-0.2, -0.15) is 4.31 Å². The van der Waals surface area contributed by atoms with Crippen LogP contribution in [0.4, 0.5) is 0 Å². The zero-order valence-electron chi connectivity index (χ0n) is 10.9. The molecule has 5 heteroatoms. The van der Waals surface area contributed by atoms with Gasteiger partial charge in [-0.1, -0.05) is 33.1 Å². The summed E-state index contributed by atoms with van der Waals surface area (Å²) in [5.74, 6) is 0.787. The monoisotopic (exact) mass is 281 g/mol. The summed E-state index contributed by atoms with van der Waals surface area (Å²) in [4.78, 5) is 0. The predicted molar refractivity (Wildman–Crippen MR) is 72.9 cm³/mol. The van der Waals surface area contributed by atoms with Gasteiger partial charge >= 0.3 is 0 Å². The maximum Gasteiger partial charge on any atom is 0.214 e. The van der Waals surface area contributed by atoms with Crippen LogP contribution in [-0.4, -0.2) is 36.9 Å². The Bertz CT molecular complexity index is 310. The van der Waals surface area contributed by atoms with Crippen molar-refractivity contribution in [3.63, 3.8) is 0 Å². The van der Waals surface area contributed by atoms with Gasteiger partial charge < -0.3 is 0 Å². The second-order valence-corrected chi connectivity index (χ2v) is 7.61. The quantitative estimate of drug-likeness (QED) is 0.702. The normalized spacial score (nSPS) is 19.1. The Morgan fingerprint density at radius 3 is 2.29 bits per heavy atom. The Kier molecular flexibility index (Phi) is 6.24. The molecule has 1 saturated carbocycles. The van der Waals surface area contributed by atoms with Crippen LogP contribution >= 0.6 is 11.6 Å². The minimum atomic E-state index is -3.13. The lowest BCUT2D eigenvalue weighted by atomic mass is 9.95. The minimum absolute atomic E-state index is 0.168. The molecule has 17 heavy (non-hydrogen) atoms. The van der Waals surface area contributed by atoms with Gasteiger partial charge in [-0.25, -0.2) is 8.42 Å². The molecule has 0 saturated heterocycles. The molecule has 1 aliphatic rings. The van der Waals surface area contributed by atoms with Crippen molar-refractivity contribution in [3.05, 3.63) is 0 Å². The van der Waals surface area contributed by atoms with Gasteiger partial charge in [0.15, 0.2) is 0 Å². The third-order valence-corrected chi connectivity index (χ3v) is 5.64. The summed E-state index contributed by atoms with van der Waals surface area (Å²) in [6.07, 6.45) is 5.50. The number of alkyl halides is 1. The van der Waals surface area contributed by atoms with Gasteiger partial charge in [0.1, 0.15) is 0 Å². The predicted octanol–water partition coefficient (Wildman–Crippen LogP) is 2.85. The summed E-state index contributed by atoms with van der Waals surface area (Å²) in [7, 11) is -3.13. The lowest BCUT2D eigenvalue weighted by Gasteiger charge is -2.33. The molecule has 0 unspecified atom stereocenters. The fraction of sp³-hybridized carbons (Fsp3) is 1.00. The molecule has 102 valence electrons. The van der Waals surface area contributed by atoms with Crippen LogP contribution in [-0.2, 0) is 10.0 Å². The van der Waals surface area contributed by atoms with E-state index in [9.17, 15) is 8.42 Å². The standard InChI is InChI=1S/C12H24ClNO2S/c1-11(2)10-17(15,16)14(9-8-13)12-6-4-3-5-7-12/h11-12H,3-10H2,1-2H3. The summed E-state index contributed by atoms with van der Waals surface area (Å²) in [6, 6.07) is 0.186. The van der Waals surface area contributed by atoms with Crippen molar-refractivity contribution in [2.75, 3.05) is 18.2 Å². The zero-order chi connectivity index (χ0) is 12.9. The Morgan fingerprint density at radius 1 is 1.24 bits per heavy atom. The van der Waals surface area contributed by atoms with Gasteiger partial charge in [-0.05, 0) is 18.8 Å². The van der Waals surface area contributed by atoms with Gasteiger partial charge in [0, 0.05) is 18.5 Å². The first kappa shape index (κ1) is 15.3. The largest absolute Gasteiger partial charge is 0.214 e. The highest BCUT2D eigenvalue weighted by atomic mass is 35.5. The third kappa shape index (κ3) is 4.76. The van der Waals surface area contributed by atoms with Gasteiger partial charge in [0.2, 0.25) is 10.0 Å². The maximum atomic E-state index is 12.3. The zero-order valence-corrected chi connectivity index (χ0v) is 12.4. The van der Waals surface area contributed by atoms with E-state index in [0.717, 1.165) is 25.7 Å². The van der Waals surface area contributed by atoms with Crippen LogP contribution in [0.15, 0.2) is 0 Å². The van der Waals surface area contributed by atoms with Crippen LogP contribution in [0.1, 0.15) is 46.0 Å². The molecule has 0 N–H and O–H groups in total. The van der Waals surface area contributed by atoms with Gasteiger partial charge in [-0.3, -0.25) is 0 Å². The van der Waals surface area contributed by atoms with Crippen LogP contribution in [0.5, 0.6) is 0 Å². The molecule has 0 aromatic heterocycles. The van der Waals surface area contributed by atoms with E-state index in [1.54, 1.807) is 4.31 Å². The SMILES string of the molecule is CC(C)CS(=O)(=O)N(CCCl)C1CCCCC1. The van der Waals surface area contributed by atoms with Crippen molar-refractivity contribution in [1.82, 2.24) is 4.31 Å². The van der Waals surface area contributed by atoms with E-state index in [2.05, 4.69) is 0 Å². The van der Waals surface area contributed by atoms with Crippen molar-refractivity contribution in [2.24, 2.45) is 5.92 Å². The van der Waals surface area contributed by atoms with Gasteiger partial charge in [0.25, 0.3) is 0 Å². The number of hydrogen-bond acceptors (Lipinski definition) is 2. The highest BCUT2D eigenvalue weighted by molar-refractivity contribution is 7.89. The van der Waals surface area contributed by atoms with Crippen molar-refractivity contribution in [2.45, 2.75) is 52.0 Å². The molecule has 0 atom stereocenters. The lowest BCUT2D eigenvalue weighted by molar-refractivity contribution is 0.261. The number of sulfonamides is 1. The highest BCUT2D eigenvalue weighted by Crippen LogP contribution is 2.25. The molecule has 1 fully saturated rings. The van der Waals surface area contributed by atoms with E-state index in [1.165, 1.54) is 6.42 Å². The lowest BCUT2D eigenvalue weighted by Crippen LogP contribution is -2.44. The molecule has 0 aliphatic heterocycles. The average molecular weight is 282 g/mol.